The van der Waals surface area contributed by atoms with Crippen molar-refractivity contribution in [2.24, 2.45) is 0 Å². The van der Waals surface area contributed by atoms with E-state index in [1.807, 2.05) is 12.1 Å². The Morgan fingerprint density at radius 3 is 2.20 bits per heavy atom. The molecular formula is C17H25NO2. The molecule has 0 unspecified atom stereocenters. The van der Waals surface area contributed by atoms with Crippen LogP contribution in [0.2, 0.25) is 0 Å². The largest absolute Gasteiger partial charge is 0.481 e. The maximum absolute atomic E-state index is 11.9. The lowest BCUT2D eigenvalue weighted by Crippen LogP contribution is -2.47. The summed E-state index contributed by atoms with van der Waals surface area (Å²) in [7, 11) is 0. The lowest BCUT2D eigenvalue weighted by molar-refractivity contribution is -0.146. The first-order chi connectivity index (χ1) is 9.49. The molecule has 0 amide bonds. The van der Waals surface area contributed by atoms with Crippen LogP contribution in [0, 0.1) is 0 Å². The zero-order chi connectivity index (χ0) is 14.8. The first-order valence-corrected chi connectivity index (χ1v) is 7.56. The Balaban J connectivity index is 2.27. The van der Waals surface area contributed by atoms with E-state index in [1.165, 1.54) is 5.56 Å². The molecule has 1 aromatic rings. The van der Waals surface area contributed by atoms with Crippen LogP contribution in [-0.4, -0.2) is 35.6 Å². The molecule has 1 aromatic carbocycles. The van der Waals surface area contributed by atoms with E-state index in [-0.39, 0.29) is 0 Å². The highest BCUT2D eigenvalue weighted by atomic mass is 16.4. The van der Waals surface area contributed by atoms with Crippen molar-refractivity contribution in [2.45, 2.75) is 44.9 Å². The molecule has 20 heavy (non-hydrogen) atoms. The fraction of sp³-hybridized carbons (Fsp3) is 0.588. The van der Waals surface area contributed by atoms with E-state index in [9.17, 15) is 9.90 Å². The molecule has 110 valence electrons. The van der Waals surface area contributed by atoms with Gasteiger partial charge in [-0.15, -0.1) is 0 Å². The molecule has 0 radical (unpaired) electrons. The van der Waals surface area contributed by atoms with Gasteiger partial charge >= 0.3 is 5.97 Å². The summed E-state index contributed by atoms with van der Waals surface area (Å²) in [5.41, 5.74) is 1.53. The maximum atomic E-state index is 11.9. The number of aliphatic carboxylic acids is 1. The smallest absolute Gasteiger partial charge is 0.314 e. The van der Waals surface area contributed by atoms with Gasteiger partial charge in [0.2, 0.25) is 0 Å². The number of piperidine rings is 1. The monoisotopic (exact) mass is 275 g/mol. The molecule has 0 aliphatic carbocycles. The highest BCUT2D eigenvalue weighted by Gasteiger charge is 2.42. The Bertz CT molecular complexity index is 456. The van der Waals surface area contributed by atoms with E-state index in [0.717, 1.165) is 25.2 Å². The number of benzene rings is 1. The summed E-state index contributed by atoms with van der Waals surface area (Å²) in [4.78, 5) is 14.2. The van der Waals surface area contributed by atoms with Crippen molar-refractivity contribution >= 4 is 5.97 Å². The van der Waals surface area contributed by atoms with Gasteiger partial charge in [-0.2, -0.15) is 0 Å². The van der Waals surface area contributed by atoms with Crippen LogP contribution in [0.3, 0.4) is 0 Å². The number of rotatable bonds is 4. The van der Waals surface area contributed by atoms with Gasteiger partial charge in [-0.3, -0.25) is 4.79 Å². The minimum absolute atomic E-state index is 0.478. The van der Waals surface area contributed by atoms with Gasteiger partial charge in [0.1, 0.15) is 0 Å². The number of likely N-dealkylation sites (tertiary alicyclic amines) is 1. The van der Waals surface area contributed by atoms with Gasteiger partial charge in [-0.1, -0.05) is 45.0 Å². The van der Waals surface area contributed by atoms with Crippen LogP contribution >= 0.6 is 0 Å². The normalized spacial score (nSPS) is 19.2. The molecule has 1 aliphatic rings. The highest BCUT2D eigenvalue weighted by molar-refractivity contribution is 5.81. The maximum Gasteiger partial charge on any atom is 0.314 e. The Hall–Kier alpha value is -1.35. The van der Waals surface area contributed by atoms with Crippen molar-refractivity contribution in [1.82, 2.24) is 4.90 Å². The molecule has 1 fully saturated rings. The standard InChI is InChI=1S/C17H25NO2/c1-4-18-11-9-17(10-12-18,16(19)20)15-7-5-14(6-8-15)13(2)3/h5-8,13H,4,9-12H2,1-3H3,(H,19,20). The van der Waals surface area contributed by atoms with E-state index in [0.29, 0.717) is 18.8 Å². The van der Waals surface area contributed by atoms with Crippen LogP contribution in [0.4, 0.5) is 0 Å². The second kappa shape index (κ2) is 5.96. The fourth-order valence-corrected chi connectivity index (χ4v) is 3.06. The highest BCUT2D eigenvalue weighted by Crippen LogP contribution is 2.36. The Morgan fingerprint density at radius 1 is 1.25 bits per heavy atom. The molecule has 1 aliphatic heterocycles. The first-order valence-electron chi connectivity index (χ1n) is 7.56. The Morgan fingerprint density at radius 2 is 1.80 bits per heavy atom. The van der Waals surface area contributed by atoms with Crippen LogP contribution in [-0.2, 0) is 10.2 Å². The number of nitrogens with zero attached hydrogens (tertiary/aromatic N) is 1. The van der Waals surface area contributed by atoms with Crippen LogP contribution in [0.1, 0.15) is 50.7 Å². The zero-order valence-electron chi connectivity index (χ0n) is 12.7. The van der Waals surface area contributed by atoms with Crippen LogP contribution in [0.5, 0.6) is 0 Å². The minimum atomic E-state index is -0.693. The van der Waals surface area contributed by atoms with E-state index in [4.69, 9.17) is 0 Å². The molecular weight excluding hydrogens is 250 g/mol. The van der Waals surface area contributed by atoms with Crippen LogP contribution in [0.25, 0.3) is 0 Å². The van der Waals surface area contributed by atoms with Gasteiger partial charge in [-0.05, 0) is 49.5 Å². The SMILES string of the molecule is CCN1CCC(C(=O)O)(c2ccc(C(C)C)cc2)CC1. The van der Waals surface area contributed by atoms with E-state index >= 15 is 0 Å². The van der Waals surface area contributed by atoms with Crippen LogP contribution in [0.15, 0.2) is 24.3 Å². The fourth-order valence-electron chi connectivity index (χ4n) is 3.06. The summed E-state index contributed by atoms with van der Waals surface area (Å²) in [5, 5.41) is 9.76. The number of hydrogen-bond acceptors (Lipinski definition) is 2. The van der Waals surface area contributed by atoms with Gasteiger partial charge in [0.05, 0.1) is 5.41 Å². The van der Waals surface area contributed by atoms with Crippen molar-refractivity contribution in [3.05, 3.63) is 35.4 Å². The molecule has 1 N–H and O–H groups in total. The van der Waals surface area contributed by atoms with Crippen LogP contribution < -0.4 is 0 Å². The number of carbonyl (C=O) groups is 1. The topological polar surface area (TPSA) is 40.5 Å². The minimum Gasteiger partial charge on any atom is -0.481 e. The average molecular weight is 275 g/mol. The first kappa shape index (κ1) is 15.0. The third-order valence-electron chi connectivity index (χ3n) is 4.70. The zero-order valence-corrected chi connectivity index (χ0v) is 12.7. The van der Waals surface area contributed by atoms with E-state index in [2.05, 4.69) is 37.8 Å². The predicted molar refractivity (Wildman–Crippen MR) is 81.2 cm³/mol. The molecule has 0 saturated carbocycles. The molecule has 3 nitrogen and oxygen atoms in total. The molecule has 3 heteroatoms. The molecule has 0 aromatic heterocycles. The predicted octanol–water partition coefficient (Wildman–Crippen LogP) is 3.25. The lowest BCUT2D eigenvalue weighted by atomic mass is 9.72. The molecule has 0 bridgehead atoms. The average Bonchev–Trinajstić information content (AvgIpc) is 2.47. The Kier molecular flexibility index (Phi) is 4.48. The second-order valence-corrected chi connectivity index (χ2v) is 6.10. The van der Waals surface area contributed by atoms with Gasteiger partial charge in [0, 0.05) is 0 Å². The lowest BCUT2D eigenvalue weighted by Gasteiger charge is -2.39. The van der Waals surface area contributed by atoms with Crippen molar-refractivity contribution in [1.29, 1.82) is 0 Å². The second-order valence-electron chi connectivity index (χ2n) is 6.10. The van der Waals surface area contributed by atoms with Gasteiger partial charge in [0.15, 0.2) is 0 Å². The number of hydrogen-bond donors (Lipinski definition) is 1. The molecule has 0 atom stereocenters. The third-order valence-corrected chi connectivity index (χ3v) is 4.70. The number of carboxylic acids is 1. The van der Waals surface area contributed by atoms with E-state index < -0.39 is 11.4 Å². The van der Waals surface area contributed by atoms with Gasteiger partial charge in [0.25, 0.3) is 0 Å². The van der Waals surface area contributed by atoms with Crippen molar-refractivity contribution in [3.8, 4) is 0 Å². The Labute approximate surface area is 121 Å². The van der Waals surface area contributed by atoms with Crippen molar-refractivity contribution < 1.29 is 9.90 Å². The van der Waals surface area contributed by atoms with Crippen molar-refractivity contribution in [2.75, 3.05) is 19.6 Å². The van der Waals surface area contributed by atoms with Gasteiger partial charge in [-0.25, -0.2) is 0 Å². The van der Waals surface area contributed by atoms with E-state index in [1.54, 1.807) is 0 Å². The quantitative estimate of drug-likeness (QED) is 0.917. The molecule has 1 saturated heterocycles. The molecule has 0 spiro atoms. The summed E-state index contributed by atoms with van der Waals surface area (Å²) in [5.74, 6) is -0.197. The summed E-state index contributed by atoms with van der Waals surface area (Å²) in [6, 6.07) is 8.20. The van der Waals surface area contributed by atoms with Gasteiger partial charge < -0.3 is 10.0 Å². The molecule has 2 rings (SSSR count). The number of carboxylic acid groups (broad SMARTS) is 1. The summed E-state index contributed by atoms with van der Waals surface area (Å²) >= 11 is 0. The summed E-state index contributed by atoms with van der Waals surface area (Å²) < 4.78 is 0. The molecule has 1 heterocycles. The summed E-state index contributed by atoms with van der Waals surface area (Å²) in [6.45, 7) is 9.18. The van der Waals surface area contributed by atoms with Crippen molar-refractivity contribution in [3.63, 3.8) is 0 Å². The third kappa shape index (κ3) is 2.73. The summed E-state index contributed by atoms with van der Waals surface area (Å²) in [6.07, 6.45) is 1.41.